The molecule has 2 aliphatic heterocycles. The second-order valence-electron chi connectivity index (χ2n) is 4.56. The Balaban J connectivity index is 1.84. The van der Waals surface area contributed by atoms with Crippen LogP contribution in [0.4, 0.5) is 0 Å². The van der Waals surface area contributed by atoms with Gasteiger partial charge >= 0.3 is 5.97 Å². The molecule has 2 heterocycles. The van der Waals surface area contributed by atoms with Crippen molar-refractivity contribution in [1.82, 2.24) is 15.2 Å². The van der Waals surface area contributed by atoms with Gasteiger partial charge in [-0.2, -0.15) is 5.10 Å². The predicted molar refractivity (Wildman–Crippen MR) is 64.8 cm³/mol. The van der Waals surface area contributed by atoms with Gasteiger partial charge in [-0.15, -0.1) is 0 Å². The Morgan fingerprint density at radius 3 is 3.00 bits per heavy atom. The lowest BCUT2D eigenvalue weighted by atomic mass is 10.1. The van der Waals surface area contributed by atoms with Crippen molar-refractivity contribution in [1.29, 1.82) is 0 Å². The van der Waals surface area contributed by atoms with E-state index in [-0.39, 0.29) is 24.5 Å². The lowest BCUT2D eigenvalue weighted by molar-refractivity contribution is -0.158. The third-order valence-electron chi connectivity index (χ3n) is 3.24. The van der Waals surface area contributed by atoms with Crippen molar-refractivity contribution in [3.8, 4) is 0 Å². The highest BCUT2D eigenvalue weighted by atomic mass is 16.5. The largest absolute Gasteiger partial charge is 0.463 e. The maximum atomic E-state index is 11.9. The first kappa shape index (κ1) is 12.8. The maximum Gasteiger partial charge on any atom is 0.323 e. The van der Waals surface area contributed by atoms with Crippen LogP contribution in [0, 0.1) is 0 Å². The molecule has 1 saturated heterocycles. The van der Waals surface area contributed by atoms with Gasteiger partial charge in [0.2, 0.25) is 5.91 Å². The zero-order valence-electron chi connectivity index (χ0n) is 10.6. The first-order valence-corrected chi connectivity index (χ1v) is 5.99. The summed E-state index contributed by atoms with van der Waals surface area (Å²) in [6.45, 7) is 1.06. The molecule has 0 aromatic carbocycles. The molecule has 100 valence electrons. The Morgan fingerprint density at radius 1 is 1.61 bits per heavy atom. The second kappa shape index (κ2) is 5.34. The van der Waals surface area contributed by atoms with E-state index in [1.54, 1.807) is 18.3 Å². The van der Waals surface area contributed by atoms with Crippen LogP contribution in [0.15, 0.2) is 5.10 Å². The molecule has 0 bridgehead atoms. The third-order valence-corrected chi connectivity index (χ3v) is 3.24. The number of esters is 1. The number of rotatable bonds is 3. The fourth-order valence-electron chi connectivity index (χ4n) is 2.04. The summed E-state index contributed by atoms with van der Waals surface area (Å²) in [4.78, 5) is 25.3. The summed E-state index contributed by atoms with van der Waals surface area (Å²) >= 11 is 0. The van der Waals surface area contributed by atoms with Gasteiger partial charge in [-0.1, -0.05) is 0 Å². The van der Waals surface area contributed by atoms with Crippen molar-refractivity contribution < 1.29 is 14.3 Å². The molecule has 0 spiro atoms. The van der Waals surface area contributed by atoms with Gasteiger partial charge in [0.1, 0.15) is 18.8 Å². The number of likely N-dealkylation sites (N-methyl/N-ethyl adjacent to an activating group) is 1. The summed E-state index contributed by atoms with van der Waals surface area (Å²) in [5.74, 6) is -0.483. The molecule has 2 unspecified atom stereocenters. The second-order valence-corrected chi connectivity index (χ2v) is 4.56. The average Bonchev–Trinajstić information content (AvgIpc) is 2.70. The van der Waals surface area contributed by atoms with Crippen molar-refractivity contribution in [3.63, 3.8) is 0 Å². The molecule has 2 aliphatic rings. The highest BCUT2D eigenvalue weighted by Crippen LogP contribution is 2.11. The fourth-order valence-corrected chi connectivity index (χ4v) is 2.04. The van der Waals surface area contributed by atoms with Crippen LogP contribution in [0.2, 0.25) is 0 Å². The van der Waals surface area contributed by atoms with Crippen LogP contribution in [-0.2, 0) is 14.3 Å². The number of hydrogen-bond donors (Lipinski definition) is 1. The number of amides is 1. The van der Waals surface area contributed by atoms with Gasteiger partial charge < -0.3 is 10.1 Å². The Kier molecular flexibility index (Phi) is 3.81. The van der Waals surface area contributed by atoms with E-state index in [2.05, 4.69) is 10.4 Å². The number of carbonyl (C=O) groups excluding carboxylic acids is 2. The predicted octanol–water partition coefficient (Wildman–Crippen LogP) is -1.00. The van der Waals surface area contributed by atoms with E-state index >= 15 is 0 Å². The minimum Gasteiger partial charge on any atom is -0.463 e. The number of hydrogen-bond acceptors (Lipinski definition) is 6. The zero-order chi connectivity index (χ0) is 13.1. The molecule has 1 fully saturated rings. The maximum absolute atomic E-state index is 11.9. The molecule has 2 rings (SSSR count). The minimum absolute atomic E-state index is 0.109. The van der Waals surface area contributed by atoms with E-state index in [1.807, 2.05) is 11.9 Å². The Morgan fingerprint density at radius 2 is 2.39 bits per heavy atom. The molecule has 18 heavy (non-hydrogen) atoms. The molecule has 0 saturated carbocycles. The van der Waals surface area contributed by atoms with E-state index < -0.39 is 6.04 Å². The zero-order valence-corrected chi connectivity index (χ0v) is 10.6. The van der Waals surface area contributed by atoms with Gasteiger partial charge in [-0.05, 0) is 7.05 Å². The number of carbonyl (C=O) groups is 2. The van der Waals surface area contributed by atoms with Crippen LogP contribution in [0.1, 0.15) is 12.8 Å². The van der Waals surface area contributed by atoms with Crippen molar-refractivity contribution in [3.05, 3.63) is 0 Å². The molecule has 0 radical (unpaired) electrons. The Bertz CT molecular complexity index is 371. The van der Waals surface area contributed by atoms with Crippen molar-refractivity contribution in [2.45, 2.75) is 25.0 Å². The van der Waals surface area contributed by atoms with Crippen LogP contribution in [0.25, 0.3) is 0 Å². The summed E-state index contributed by atoms with van der Waals surface area (Å²) < 4.78 is 4.96. The number of ether oxygens (including phenoxy) is 1. The number of morpholine rings is 1. The topological polar surface area (TPSA) is 74.2 Å². The Labute approximate surface area is 106 Å². The first-order valence-electron chi connectivity index (χ1n) is 5.99. The number of nitrogens with zero attached hydrogens (tertiary/aromatic N) is 3. The summed E-state index contributed by atoms with van der Waals surface area (Å²) in [5.41, 5.74) is 0. The normalized spacial score (nSPS) is 28.3. The van der Waals surface area contributed by atoms with Crippen LogP contribution in [0.3, 0.4) is 0 Å². The smallest absolute Gasteiger partial charge is 0.323 e. The number of hydrazone groups is 1. The standard InChI is InChI=1S/C11H18N4O3/c1-14-5-6-18-11(17)8(14)7-10(16)13-9-3-4-12-15(9)2/h4,8-9H,3,5-7H2,1-2H3,(H,13,16). The van der Waals surface area contributed by atoms with Gasteiger partial charge in [0.15, 0.2) is 0 Å². The molecule has 0 aliphatic carbocycles. The fraction of sp³-hybridized carbons (Fsp3) is 0.727. The van der Waals surface area contributed by atoms with Crippen LogP contribution >= 0.6 is 0 Å². The van der Waals surface area contributed by atoms with Gasteiger partial charge in [0, 0.05) is 26.2 Å². The quantitative estimate of drug-likeness (QED) is 0.654. The number of nitrogens with one attached hydrogen (secondary N) is 1. The lowest BCUT2D eigenvalue weighted by Gasteiger charge is -2.30. The summed E-state index contributed by atoms with van der Waals surface area (Å²) in [7, 11) is 3.62. The summed E-state index contributed by atoms with van der Waals surface area (Å²) in [5, 5.41) is 8.58. The van der Waals surface area contributed by atoms with Gasteiger partial charge in [-0.3, -0.25) is 19.5 Å². The molecule has 7 nitrogen and oxygen atoms in total. The van der Waals surface area contributed by atoms with Gasteiger partial charge in [0.25, 0.3) is 0 Å². The molecule has 7 heteroatoms. The highest BCUT2D eigenvalue weighted by Gasteiger charge is 2.31. The van der Waals surface area contributed by atoms with E-state index in [0.717, 1.165) is 0 Å². The first-order chi connectivity index (χ1) is 8.58. The SMILES string of the molecule is CN1CCOC(=O)C1CC(=O)NC1CC=NN1C. The minimum atomic E-state index is -0.480. The molecule has 2 atom stereocenters. The molecule has 0 aromatic rings. The molecular formula is C11H18N4O3. The molecular weight excluding hydrogens is 236 g/mol. The monoisotopic (exact) mass is 254 g/mol. The molecule has 1 N–H and O–H groups in total. The third kappa shape index (κ3) is 2.79. The Hall–Kier alpha value is -1.63. The van der Waals surface area contributed by atoms with E-state index in [4.69, 9.17) is 4.74 Å². The van der Waals surface area contributed by atoms with Gasteiger partial charge in [-0.25, -0.2) is 0 Å². The van der Waals surface area contributed by atoms with Crippen molar-refractivity contribution in [2.24, 2.45) is 5.10 Å². The van der Waals surface area contributed by atoms with Crippen molar-refractivity contribution in [2.75, 3.05) is 27.2 Å². The van der Waals surface area contributed by atoms with E-state index in [9.17, 15) is 9.59 Å². The number of cyclic esters (lactones) is 1. The highest BCUT2D eigenvalue weighted by molar-refractivity contribution is 5.86. The lowest BCUT2D eigenvalue weighted by Crippen LogP contribution is -2.50. The van der Waals surface area contributed by atoms with Crippen LogP contribution in [0.5, 0.6) is 0 Å². The van der Waals surface area contributed by atoms with Crippen LogP contribution < -0.4 is 5.32 Å². The molecule has 1 amide bonds. The van der Waals surface area contributed by atoms with Gasteiger partial charge in [0.05, 0.1) is 6.42 Å². The summed E-state index contributed by atoms with van der Waals surface area (Å²) in [6, 6.07) is -0.480. The molecule has 0 aromatic heterocycles. The van der Waals surface area contributed by atoms with Crippen LogP contribution in [-0.4, -0.2) is 67.5 Å². The van der Waals surface area contributed by atoms with Crippen molar-refractivity contribution >= 4 is 18.1 Å². The van der Waals surface area contributed by atoms with E-state index in [0.29, 0.717) is 19.6 Å². The van der Waals surface area contributed by atoms with E-state index in [1.165, 1.54) is 0 Å². The average molecular weight is 254 g/mol. The summed E-state index contributed by atoms with van der Waals surface area (Å²) in [6.07, 6.45) is 2.46.